The summed E-state index contributed by atoms with van der Waals surface area (Å²) in [6, 6.07) is 13.3. The Kier molecular flexibility index (Phi) is 4.16. The van der Waals surface area contributed by atoms with Crippen LogP contribution >= 0.6 is 11.6 Å². The number of aromatic nitrogens is 1. The molecule has 0 unspecified atom stereocenters. The lowest BCUT2D eigenvalue weighted by molar-refractivity contribution is 0.0954. The molecule has 3 rings (SSSR count). The summed E-state index contributed by atoms with van der Waals surface area (Å²) in [4.78, 5) is 15.4. The molecule has 3 aromatic rings. The molecule has 1 radical (unpaired) electrons. The minimum atomic E-state index is -0.146. The first kappa shape index (κ1) is 14.7. The summed E-state index contributed by atoms with van der Waals surface area (Å²) >= 11 is 5.99. The Morgan fingerprint density at radius 2 is 2.00 bits per heavy atom. The molecule has 0 bridgehead atoms. The number of nitrogens with one attached hydrogen (secondary N) is 2. The first-order chi connectivity index (χ1) is 10.7. The van der Waals surface area contributed by atoms with Gasteiger partial charge in [0.2, 0.25) is 0 Å². The average molecular weight is 312 g/mol. The van der Waals surface area contributed by atoms with Gasteiger partial charge in [-0.2, -0.15) is 0 Å². The first-order valence-corrected chi connectivity index (χ1v) is 7.48. The molecule has 0 aliphatic carbocycles. The van der Waals surface area contributed by atoms with Crippen LogP contribution in [0.15, 0.2) is 48.7 Å². The number of fused-ring (bicyclic) bond motifs is 1. The number of para-hydroxylation sites is 1. The number of amides is 1. The number of hydrogen-bond acceptors (Lipinski definition) is 1. The number of carbonyl (C=O) groups excluding carboxylic acids is 1. The number of aromatic amines is 1. The van der Waals surface area contributed by atoms with E-state index >= 15 is 0 Å². The second kappa shape index (κ2) is 6.24. The van der Waals surface area contributed by atoms with Crippen LogP contribution in [0.25, 0.3) is 10.9 Å². The maximum absolute atomic E-state index is 12.2. The van der Waals surface area contributed by atoms with E-state index in [4.69, 9.17) is 11.6 Å². The van der Waals surface area contributed by atoms with E-state index in [0.29, 0.717) is 22.7 Å². The molecule has 0 spiro atoms. The van der Waals surface area contributed by atoms with Gasteiger partial charge in [-0.05, 0) is 42.7 Å². The van der Waals surface area contributed by atoms with E-state index in [1.165, 1.54) is 10.9 Å². The van der Waals surface area contributed by atoms with Crippen molar-refractivity contribution in [3.05, 3.63) is 77.3 Å². The molecule has 0 saturated heterocycles. The van der Waals surface area contributed by atoms with Crippen LogP contribution in [0.3, 0.4) is 0 Å². The number of carbonyl (C=O) groups is 1. The van der Waals surface area contributed by atoms with Gasteiger partial charge in [-0.25, -0.2) is 0 Å². The van der Waals surface area contributed by atoms with Crippen molar-refractivity contribution in [1.29, 1.82) is 0 Å². The Bertz CT molecular complexity index is 823. The van der Waals surface area contributed by atoms with Crippen LogP contribution in [0.2, 0.25) is 5.02 Å². The van der Waals surface area contributed by atoms with E-state index < -0.39 is 0 Å². The van der Waals surface area contributed by atoms with Crippen molar-refractivity contribution in [3.8, 4) is 0 Å². The molecule has 1 amide bonds. The van der Waals surface area contributed by atoms with E-state index in [2.05, 4.69) is 23.3 Å². The molecule has 2 aromatic carbocycles. The molecule has 0 atom stereocenters. The molecule has 1 heterocycles. The Hall–Kier alpha value is -2.26. The van der Waals surface area contributed by atoms with Crippen LogP contribution in [0.4, 0.5) is 0 Å². The van der Waals surface area contributed by atoms with Gasteiger partial charge < -0.3 is 10.3 Å². The van der Waals surface area contributed by atoms with Crippen molar-refractivity contribution in [2.75, 3.05) is 6.54 Å². The van der Waals surface area contributed by atoms with Crippen LogP contribution in [0.1, 0.15) is 21.5 Å². The van der Waals surface area contributed by atoms with Crippen molar-refractivity contribution in [2.45, 2.75) is 6.42 Å². The lowest BCUT2D eigenvalue weighted by atomic mass is 10.1. The molecule has 22 heavy (non-hydrogen) atoms. The quantitative estimate of drug-likeness (QED) is 0.752. The second-order valence-electron chi connectivity index (χ2n) is 5.13. The fourth-order valence-corrected chi connectivity index (χ4v) is 2.69. The normalized spacial score (nSPS) is 10.8. The van der Waals surface area contributed by atoms with Crippen molar-refractivity contribution >= 4 is 28.4 Å². The molecule has 3 nitrogen and oxygen atoms in total. The third kappa shape index (κ3) is 2.85. The number of rotatable bonds is 4. The largest absolute Gasteiger partial charge is 0.361 e. The van der Waals surface area contributed by atoms with E-state index in [9.17, 15) is 4.79 Å². The first-order valence-electron chi connectivity index (χ1n) is 7.10. The molecule has 1 aromatic heterocycles. The van der Waals surface area contributed by atoms with E-state index in [1.807, 2.05) is 24.4 Å². The van der Waals surface area contributed by atoms with Gasteiger partial charge in [0.05, 0.1) is 0 Å². The zero-order chi connectivity index (χ0) is 15.5. The molecule has 2 N–H and O–H groups in total. The Labute approximate surface area is 134 Å². The van der Waals surface area contributed by atoms with E-state index in [-0.39, 0.29) is 5.91 Å². The minimum absolute atomic E-state index is 0.146. The molecule has 4 heteroatoms. The smallest absolute Gasteiger partial charge is 0.251 e. The fourth-order valence-electron chi connectivity index (χ4n) is 2.52. The summed E-state index contributed by atoms with van der Waals surface area (Å²) in [5, 5.41) is 4.61. The maximum Gasteiger partial charge on any atom is 0.251 e. The topological polar surface area (TPSA) is 44.9 Å². The number of H-pyrrole nitrogens is 1. The summed E-state index contributed by atoms with van der Waals surface area (Å²) in [5.41, 5.74) is 3.38. The van der Waals surface area contributed by atoms with E-state index in [0.717, 1.165) is 11.9 Å². The molecule has 0 aliphatic rings. The Morgan fingerprint density at radius 1 is 1.18 bits per heavy atom. The number of benzene rings is 2. The van der Waals surface area contributed by atoms with Crippen molar-refractivity contribution in [1.82, 2.24) is 10.3 Å². The zero-order valence-electron chi connectivity index (χ0n) is 12.0. The van der Waals surface area contributed by atoms with Gasteiger partial charge in [-0.15, -0.1) is 0 Å². The van der Waals surface area contributed by atoms with Gasteiger partial charge in [0, 0.05) is 34.2 Å². The van der Waals surface area contributed by atoms with Crippen LogP contribution < -0.4 is 5.32 Å². The van der Waals surface area contributed by atoms with Gasteiger partial charge in [0.25, 0.3) is 5.91 Å². The third-order valence-corrected chi connectivity index (χ3v) is 4.07. The van der Waals surface area contributed by atoms with Gasteiger partial charge in [-0.3, -0.25) is 4.79 Å². The third-order valence-electron chi connectivity index (χ3n) is 3.72. The molecule has 0 saturated carbocycles. The standard InChI is InChI=1S/C18H16ClN2O/c1-12-14(6-4-7-16(12)19)18(22)20-10-9-13-11-21-17-8-3-2-5-15(13)17/h2-8,11,21H,1,9-10H2,(H,20,22). The molecular formula is C18H16ClN2O. The van der Waals surface area contributed by atoms with Gasteiger partial charge in [0.15, 0.2) is 0 Å². The zero-order valence-corrected chi connectivity index (χ0v) is 12.8. The van der Waals surface area contributed by atoms with Gasteiger partial charge in [0.1, 0.15) is 0 Å². The highest BCUT2D eigenvalue weighted by molar-refractivity contribution is 6.32. The average Bonchev–Trinajstić information content (AvgIpc) is 2.93. The molecule has 111 valence electrons. The number of hydrogen-bond donors (Lipinski definition) is 2. The number of halogens is 1. The molecule has 0 fully saturated rings. The van der Waals surface area contributed by atoms with E-state index in [1.54, 1.807) is 18.2 Å². The Balaban J connectivity index is 1.66. The predicted octanol–water partition coefficient (Wildman–Crippen LogP) is 3.98. The highest BCUT2D eigenvalue weighted by atomic mass is 35.5. The van der Waals surface area contributed by atoms with Crippen LogP contribution in [-0.2, 0) is 6.42 Å². The van der Waals surface area contributed by atoms with Gasteiger partial charge in [-0.1, -0.05) is 35.9 Å². The summed E-state index contributed by atoms with van der Waals surface area (Å²) in [6.45, 7) is 4.40. The van der Waals surface area contributed by atoms with Crippen LogP contribution in [0.5, 0.6) is 0 Å². The van der Waals surface area contributed by atoms with Crippen LogP contribution in [-0.4, -0.2) is 17.4 Å². The minimum Gasteiger partial charge on any atom is -0.361 e. The monoisotopic (exact) mass is 311 g/mol. The fraction of sp³-hybridized carbons (Fsp3) is 0.111. The summed E-state index contributed by atoms with van der Waals surface area (Å²) < 4.78 is 0. The summed E-state index contributed by atoms with van der Waals surface area (Å²) in [7, 11) is 0. The van der Waals surface area contributed by atoms with Crippen molar-refractivity contribution in [3.63, 3.8) is 0 Å². The predicted molar refractivity (Wildman–Crippen MR) is 90.2 cm³/mol. The Morgan fingerprint density at radius 3 is 2.86 bits per heavy atom. The highest BCUT2D eigenvalue weighted by Gasteiger charge is 2.10. The SMILES string of the molecule is [CH2]c1c(Cl)cccc1C(=O)NCCc1c[nH]c2ccccc12. The van der Waals surface area contributed by atoms with Crippen LogP contribution in [0, 0.1) is 6.92 Å². The highest BCUT2D eigenvalue weighted by Crippen LogP contribution is 2.19. The van der Waals surface area contributed by atoms with Crippen molar-refractivity contribution in [2.24, 2.45) is 0 Å². The summed E-state index contributed by atoms with van der Waals surface area (Å²) in [6.07, 6.45) is 2.76. The lowest BCUT2D eigenvalue weighted by Crippen LogP contribution is -2.26. The molecular weight excluding hydrogens is 296 g/mol. The van der Waals surface area contributed by atoms with Gasteiger partial charge >= 0.3 is 0 Å². The maximum atomic E-state index is 12.2. The molecule has 0 aliphatic heterocycles. The van der Waals surface area contributed by atoms with Crippen molar-refractivity contribution < 1.29 is 4.79 Å². The summed E-state index contributed by atoms with van der Waals surface area (Å²) in [5.74, 6) is -0.146. The lowest BCUT2D eigenvalue weighted by Gasteiger charge is -2.08. The second-order valence-corrected chi connectivity index (χ2v) is 5.54.